The van der Waals surface area contributed by atoms with Crippen LogP contribution in [0.15, 0.2) is 67.2 Å². The van der Waals surface area contributed by atoms with Crippen LogP contribution >= 0.6 is 0 Å². The zero-order valence-corrected chi connectivity index (χ0v) is 9.91. The monoisotopic (exact) mass is 238 g/mol. The van der Waals surface area contributed by atoms with E-state index in [2.05, 4.69) is 6.58 Å². The lowest BCUT2D eigenvalue weighted by molar-refractivity contribution is 0.0833. The van der Waals surface area contributed by atoms with Crippen LogP contribution in [0, 0.1) is 0 Å². The first-order valence-corrected chi connectivity index (χ1v) is 5.71. The van der Waals surface area contributed by atoms with Gasteiger partial charge in [-0.05, 0) is 11.1 Å². The molecular formula is C16H14O2. The molecule has 0 aromatic heterocycles. The van der Waals surface area contributed by atoms with Gasteiger partial charge in [-0.15, -0.1) is 0 Å². The average Bonchev–Trinajstić information content (AvgIpc) is 2.47. The Hall–Kier alpha value is -2.19. The Balaban J connectivity index is 2.20. The summed E-state index contributed by atoms with van der Waals surface area (Å²) in [5.41, 5.74) is 1.68. The van der Waals surface area contributed by atoms with E-state index in [1.807, 2.05) is 36.4 Å². The maximum Gasteiger partial charge on any atom is 0.195 e. The molecule has 0 fully saturated rings. The van der Waals surface area contributed by atoms with E-state index >= 15 is 0 Å². The van der Waals surface area contributed by atoms with Crippen molar-refractivity contribution in [3.63, 3.8) is 0 Å². The lowest BCUT2D eigenvalue weighted by Gasteiger charge is -2.13. The molecule has 2 rings (SSSR count). The van der Waals surface area contributed by atoms with Crippen molar-refractivity contribution in [1.82, 2.24) is 0 Å². The number of carbonyl (C=O) groups excluding carboxylic acids is 1. The van der Waals surface area contributed by atoms with Crippen molar-refractivity contribution in [3.8, 4) is 0 Å². The molecule has 0 bridgehead atoms. The first kappa shape index (κ1) is 12.3. The first-order chi connectivity index (χ1) is 8.70. The molecular weight excluding hydrogens is 224 g/mol. The Morgan fingerprint density at radius 1 is 0.889 bits per heavy atom. The summed E-state index contributed by atoms with van der Waals surface area (Å²) in [5, 5.41) is 10.0. The molecule has 0 saturated heterocycles. The second kappa shape index (κ2) is 5.43. The molecule has 90 valence electrons. The summed E-state index contributed by atoms with van der Waals surface area (Å²) in [5.74, 6) is -0.329. The lowest BCUT2D eigenvalue weighted by atomic mass is 9.96. The van der Waals surface area contributed by atoms with Crippen LogP contribution in [0.2, 0.25) is 0 Å². The van der Waals surface area contributed by atoms with Gasteiger partial charge in [0.1, 0.15) is 6.10 Å². The van der Waals surface area contributed by atoms with Gasteiger partial charge in [0.25, 0.3) is 0 Å². The summed E-state index contributed by atoms with van der Waals surface area (Å²) in [6.07, 6.45) is -1.20. The van der Waals surface area contributed by atoms with Crippen LogP contribution in [0.4, 0.5) is 0 Å². The summed E-state index contributed by atoms with van der Waals surface area (Å²) < 4.78 is 0. The molecule has 0 amide bonds. The van der Waals surface area contributed by atoms with Crippen LogP contribution in [-0.2, 0) is 0 Å². The number of Topliss-reactive ketones (excluding diaryl/α,β-unsaturated/α-hetero) is 1. The molecule has 0 saturated carbocycles. The molecule has 2 nitrogen and oxygen atoms in total. The van der Waals surface area contributed by atoms with Crippen molar-refractivity contribution in [1.29, 1.82) is 0 Å². The number of carbonyl (C=O) groups is 1. The van der Waals surface area contributed by atoms with Crippen LogP contribution in [0.25, 0.3) is 5.57 Å². The Bertz CT molecular complexity index is 492. The van der Waals surface area contributed by atoms with Crippen LogP contribution in [0.5, 0.6) is 0 Å². The Morgan fingerprint density at radius 2 is 1.33 bits per heavy atom. The number of rotatable bonds is 4. The van der Waals surface area contributed by atoms with Crippen molar-refractivity contribution < 1.29 is 9.90 Å². The minimum absolute atomic E-state index is 0.329. The highest BCUT2D eigenvalue weighted by Crippen LogP contribution is 2.19. The van der Waals surface area contributed by atoms with Crippen molar-refractivity contribution >= 4 is 11.4 Å². The predicted octanol–water partition coefficient (Wildman–Crippen LogP) is 2.94. The van der Waals surface area contributed by atoms with E-state index in [0.29, 0.717) is 11.1 Å². The van der Waals surface area contributed by atoms with Gasteiger partial charge in [0, 0.05) is 5.56 Å². The van der Waals surface area contributed by atoms with Gasteiger partial charge in [-0.1, -0.05) is 67.2 Å². The average molecular weight is 238 g/mol. The fourth-order valence-corrected chi connectivity index (χ4v) is 1.73. The fourth-order valence-electron chi connectivity index (χ4n) is 1.73. The van der Waals surface area contributed by atoms with Gasteiger partial charge in [0.05, 0.1) is 0 Å². The normalized spacial score (nSPS) is 11.8. The number of ketones is 1. The van der Waals surface area contributed by atoms with E-state index in [1.54, 1.807) is 24.3 Å². The maximum atomic E-state index is 12.0. The SMILES string of the molecule is C=C(c1ccccc1)C(O)C(=O)c1ccccc1. The molecule has 1 unspecified atom stereocenters. The summed E-state index contributed by atoms with van der Waals surface area (Å²) >= 11 is 0. The van der Waals surface area contributed by atoms with Crippen molar-refractivity contribution in [2.24, 2.45) is 0 Å². The summed E-state index contributed by atoms with van der Waals surface area (Å²) in [6, 6.07) is 18.0. The largest absolute Gasteiger partial charge is 0.380 e. The Labute approximate surface area is 106 Å². The Kier molecular flexibility index (Phi) is 3.70. The third-order valence-corrected chi connectivity index (χ3v) is 2.78. The summed E-state index contributed by atoms with van der Waals surface area (Å²) in [7, 11) is 0. The minimum atomic E-state index is -1.20. The van der Waals surface area contributed by atoms with Gasteiger partial charge in [-0.2, -0.15) is 0 Å². The zero-order chi connectivity index (χ0) is 13.0. The highest BCUT2D eigenvalue weighted by Gasteiger charge is 2.20. The highest BCUT2D eigenvalue weighted by atomic mass is 16.3. The Morgan fingerprint density at radius 3 is 1.83 bits per heavy atom. The number of hydrogen-bond donors (Lipinski definition) is 1. The molecule has 0 aliphatic carbocycles. The molecule has 0 heterocycles. The van der Waals surface area contributed by atoms with Gasteiger partial charge < -0.3 is 5.11 Å². The third-order valence-electron chi connectivity index (χ3n) is 2.78. The summed E-state index contributed by atoms with van der Waals surface area (Å²) in [6.45, 7) is 3.80. The topological polar surface area (TPSA) is 37.3 Å². The van der Waals surface area contributed by atoms with E-state index in [9.17, 15) is 9.90 Å². The molecule has 1 N–H and O–H groups in total. The smallest absolute Gasteiger partial charge is 0.195 e. The lowest BCUT2D eigenvalue weighted by Crippen LogP contribution is -2.21. The van der Waals surface area contributed by atoms with Gasteiger partial charge in [0.15, 0.2) is 5.78 Å². The van der Waals surface area contributed by atoms with E-state index < -0.39 is 6.10 Å². The molecule has 0 spiro atoms. The first-order valence-electron chi connectivity index (χ1n) is 5.71. The van der Waals surface area contributed by atoms with Crippen molar-refractivity contribution in [2.75, 3.05) is 0 Å². The van der Waals surface area contributed by atoms with Gasteiger partial charge in [-0.25, -0.2) is 0 Å². The fraction of sp³-hybridized carbons (Fsp3) is 0.0625. The minimum Gasteiger partial charge on any atom is -0.380 e. The van der Waals surface area contributed by atoms with Crippen LogP contribution in [0.1, 0.15) is 15.9 Å². The molecule has 0 aliphatic rings. The highest BCUT2D eigenvalue weighted by molar-refractivity contribution is 6.06. The van der Waals surface area contributed by atoms with Crippen molar-refractivity contribution in [3.05, 3.63) is 78.4 Å². The number of hydrogen-bond acceptors (Lipinski definition) is 2. The van der Waals surface area contributed by atoms with E-state index in [-0.39, 0.29) is 5.78 Å². The molecule has 2 aromatic carbocycles. The number of benzene rings is 2. The van der Waals surface area contributed by atoms with Crippen molar-refractivity contribution in [2.45, 2.75) is 6.10 Å². The molecule has 2 aromatic rings. The second-order valence-corrected chi connectivity index (χ2v) is 4.02. The molecule has 2 heteroatoms. The van der Waals surface area contributed by atoms with Crippen LogP contribution in [-0.4, -0.2) is 17.0 Å². The molecule has 0 aliphatic heterocycles. The zero-order valence-electron chi connectivity index (χ0n) is 9.91. The maximum absolute atomic E-state index is 12.0. The van der Waals surface area contributed by atoms with E-state index in [1.165, 1.54) is 0 Å². The van der Waals surface area contributed by atoms with Gasteiger partial charge >= 0.3 is 0 Å². The van der Waals surface area contributed by atoms with Gasteiger partial charge in [0.2, 0.25) is 0 Å². The van der Waals surface area contributed by atoms with Crippen LogP contribution in [0.3, 0.4) is 0 Å². The van der Waals surface area contributed by atoms with E-state index in [0.717, 1.165) is 5.56 Å². The number of aliphatic hydroxyl groups excluding tert-OH is 1. The summed E-state index contributed by atoms with van der Waals surface area (Å²) in [4.78, 5) is 12.0. The quantitative estimate of drug-likeness (QED) is 0.831. The van der Waals surface area contributed by atoms with Crippen LogP contribution < -0.4 is 0 Å². The van der Waals surface area contributed by atoms with Gasteiger partial charge in [-0.3, -0.25) is 4.79 Å². The molecule has 18 heavy (non-hydrogen) atoms. The molecule has 0 radical (unpaired) electrons. The predicted molar refractivity (Wildman–Crippen MR) is 72.3 cm³/mol. The number of aliphatic hydroxyl groups is 1. The standard InChI is InChI=1S/C16H14O2/c1-12(13-8-4-2-5-9-13)15(17)16(18)14-10-6-3-7-11-14/h2-11,15,17H,1H2. The molecule has 1 atom stereocenters. The third kappa shape index (κ3) is 2.55. The van der Waals surface area contributed by atoms with E-state index in [4.69, 9.17) is 0 Å². The second-order valence-electron chi connectivity index (χ2n) is 4.02.